The second-order valence-corrected chi connectivity index (χ2v) is 5.72. The summed E-state index contributed by atoms with van der Waals surface area (Å²) in [7, 11) is 0. The number of benzene rings is 1. The van der Waals surface area contributed by atoms with Crippen LogP contribution in [0.5, 0.6) is 0 Å². The molecule has 108 valence electrons. The van der Waals surface area contributed by atoms with Crippen molar-refractivity contribution in [1.82, 2.24) is 9.78 Å². The van der Waals surface area contributed by atoms with Gasteiger partial charge in [-0.1, -0.05) is 30.3 Å². The standard InChI is InChI=1S/C17H25N3/c1-14(2)20-12-11-17(19-20)13-16(18)10-6-9-15-7-4-3-5-8-15/h3-5,7-8,11-12,14,16H,6,9-10,13,18H2,1-2H3. The Labute approximate surface area is 121 Å². The minimum absolute atomic E-state index is 0.203. The molecule has 2 aromatic rings. The zero-order valence-electron chi connectivity index (χ0n) is 12.5. The summed E-state index contributed by atoms with van der Waals surface area (Å²) in [5, 5.41) is 4.55. The average Bonchev–Trinajstić information content (AvgIpc) is 2.88. The fourth-order valence-corrected chi connectivity index (χ4v) is 2.36. The highest BCUT2D eigenvalue weighted by Gasteiger charge is 2.08. The Kier molecular flexibility index (Phi) is 5.36. The molecule has 1 atom stereocenters. The molecule has 0 spiro atoms. The summed E-state index contributed by atoms with van der Waals surface area (Å²) in [6.07, 6.45) is 6.19. The second kappa shape index (κ2) is 7.25. The van der Waals surface area contributed by atoms with E-state index in [2.05, 4.69) is 55.3 Å². The Morgan fingerprint density at radius 1 is 1.15 bits per heavy atom. The number of rotatable bonds is 7. The number of nitrogens with zero attached hydrogens (tertiary/aromatic N) is 2. The van der Waals surface area contributed by atoms with Gasteiger partial charge in [0.05, 0.1) is 5.69 Å². The maximum Gasteiger partial charge on any atom is 0.0640 e. The lowest BCUT2D eigenvalue weighted by molar-refractivity contribution is 0.515. The summed E-state index contributed by atoms with van der Waals surface area (Å²) in [5.41, 5.74) is 8.70. The maximum absolute atomic E-state index is 6.21. The first kappa shape index (κ1) is 14.8. The van der Waals surface area contributed by atoms with E-state index in [0.717, 1.165) is 31.4 Å². The van der Waals surface area contributed by atoms with Crippen LogP contribution in [0.15, 0.2) is 42.6 Å². The maximum atomic E-state index is 6.21. The van der Waals surface area contributed by atoms with Gasteiger partial charge in [0.25, 0.3) is 0 Å². The van der Waals surface area contributed by atoms with Crippen molar-refractivity contribution in [3.8, 4) is 0 Å². The average molecular weight is 271 g/mol. The highest BCUT2D eigenvalue weighted by molar-refractivity contribution is 5.14. The molecule has 1 unspecified atom stereocenters. The van der Waals surface area contributed by atoms with Gasteiger partial charge in [-0.2, -0.15) is 5.10 Å². The minimum Gasteiger partial charge on any atom is -0.327 e. The van der Waals surface area contributed by atoms with Crippen molar-refractivity contribution in [2.45, 2.75) is 51.6 Å². The SMILES string of the molecule is CC(C)n1ccc(CC(N)CCCc2ccccc2)n1. The van der Waals surface area contributed by atoms with E-state index in [-0.39, 0.29) is 6.04 Å². The van der Waals surface area contributed by atoms with Gasteiger partial charge in [-0.05, 0) is 44.7 Å². The molecule has 0 aliphatic rings. The van der Waals surface area contributed by atoms with Crippen LogP contribution in [-0.2, 0) is 12.8 Å². The molecule has 0 fully saturated rings. The van der Waals surface area contributed by atoms with E-state index in [9.17, 15) is 0 Å². The summed E-state index contributed by atoms with van der Waals surface area (Å²) >= 11 is 0. The van der Waals surface area contributed by atoms with Gasteiger partial charge in [0, 0.05) is 24.7 Å². The van der Waals surface area contributed by atoms with E-state index in [1.54, 1.807) is 0 Å². The van der Waals surface area contributed by atoms with Gasteiger partial charge in [-0.25, -0.2) is 0 Å². The molecule has 0 bridgehead atoms. The summed E-state index contributed by atoms with van der Waals surface area (Å²) < 4.78 is 1.99. The Balaban J connectivity index is 1.73. The third kappa shape index (κ3) is 4.49. The highest BCUT2D eigenvalue weighted by atomic mass is 15.3. The first-order valence-electron chi connectivity index (χ1n) is 7.48. The van der Waals surface area contributed by atoms with Crippen LogP contribution < -0.4 is 5.73 Å². The Bertz CT molecular complexity index is 502. The monoisotopic (exact) mass is 271 g/mol. The van der Waals surface area contributed by atoms with Crippen LogP contribution in [0, 0.1) is 0 Å². The Morgan fingerprint density at radius 3 is 2.55 bits per heavy atom. The number of hydrogen-bond donors (Lipinski definition) is 1. The molecule has 0 aliphatic heterocycles. The molecule has 3 heteroatoms. The summed E-state index contributed by atoms with van der Waals surface area (Å²) in [4.78, 5) is 0. The zero-order chi connectivity index (χ0) is 14.4. The second-order valence-electron chi connectivity index (χ2n) is 5.72. The van der Waals surface area contributed by atoms with Crippen LogP contribution in [0.1, 0.15) is 44.0 Å². The minimum atomic E-state index is 0.203. The molecule has 1 aromatic heterocycles. The first-order chi connectivity index (χ1) is 9.65. The van der Waals surface area contributed by atoms with Crippen LogP contribution in [0.4, 0.5) is 0 Å². The quantitative estimate of drug-likeness (QED) is 0.839. The Hall–Kier alpha value is -1.61. The van der Waals surface area contributed by atoms with Crippen molar-refractivity contribution in [3.63, 3.8) is 0 Å². The van der Waals surface area contributed by atoms with E-state index >= 15 is 0 Å². The van der Waals surface area contributed by atoms with E-state index < -0.39 is 0 Å². The van der Waals surface area contributed by atoms with E-state index in [1.807, 2.05) is 10.9 Å². The molecule has 20 heavy (non-hydrogen) atoms. The molecule has 1 heterocycles. The van der Waals surface area contributed by atoms with Crippen molar-refractivity contribution < 1.29 is 0 Å². The summed E-state index contributed by atoms with van der Waals surface area (Å²) in [6, 6.07) is 13.3. The number of nitrogens with two attached hydrogens (primary N) is 1. The topological polar surface area (TPSA) is 43.8 Å². The number of aromatic nitrogens is 2. The van der Waals surface area contributed by atoms with Crippen molar-refractivity contribution in [3.05, 3.63) is 53.9 Å². The molecule has 0 saturated heterocycles. The predicted octanol–water partition coefficient (Wildman–Crippen LogP) is 3.36. The molecular formula is C17H25N3. The largest absolute Gasteiger partial charge is 0.327 e. The lowest BCUT2D eigenvalue weighted by Crippen LogP contribution is -2.23. The third-order valence-corrected chi connectivity index (χ3v) is 3.55. The van der Waals surface area contributed by atoms with Gasteiger partial charge >= 0.3 is 0 Å². The first-order valence-corrected chi connectivity index (χ1v) is 7.48. The van der Waals surface area contributed by atoms with Gasteiger partial charge in [0.1, 0.15) is 0 Å². The smallest absolute Gasteiger partial charge is 0.0640 e. The van der Waals surface area contributed by atoms with Crippen molar-refractivity contribution in [2.24, 2.45) is 5.73 Å². The van der Waals surface area contributed by atoms with Crippen molar-refractivity contribution in [1.29, 1.82) is 0 Å². The summed E-state index contributed by atoms with van der Waals surface area (Å²) in [5.74, 6) is 0. The number of hydrogen-bond acceptors (Lipinski definition) is 2. The van der Waals surface area contributed by atoms with Crippen molar-refractivity contribution >= 4 is 0 Å². The summed E-state index contributed by atoms with van der Waals surface area (Å²) in [6.45, 7) is 4.27. The lowest BCUT2D eigenvalue weighted by atomic mass is 10.0. The van der Waals surface area contributed by atoms with Gasteiger partial charge in [0.2, 0.25) is 0 Å². The molecule has 0 saturated carbocycles. The van der Waals surface area contributed by atoms with Crippen LogP contribution in [0.25, 0.3) is 0 Å². The molecule has 2 N–H and O–H groups in total. The fourth-order valence-electron chi connectivity index (χ4n) is 2.36. The lowest BCUT2D eigenvalue weighted by Gasteiger charge is -2.10. The molecule has 0 amide bonds. The Morgan fingerprint density at radius 2 is 1.90 bits per heavy atom. The van der Waals surface area contributed by atoms with E-state index in [0.29, 0.717) is 6.04 Å². The predicted molar refractivity (Wildman–Crippen MR) is 83.7 cm³/mol. The van der Waals surface area contributed by atoms with Gasteiger partial charge in [0.15, 0.2) is 0 Å². The molecule has 2 rings (SSSR count). The van der Waals surface area contributed by atoms with Crippen molar-refractivity contribution in [2.75, 3.05) is 0 Å². The molecule has 0 aliphatic carbocycles. The molecular weight excluding hydrogens is 246 g/mol. The van der Waals surface area contributed by atoms with Crippen LogP contribution in [0.2, 0.25) is 0 Å². The third-order valence-electron chi connectivity index (χ3n) is 3.55. The normalized spacial score (nSPS) is 12.8. The molecule has 3 nitrogen and oxygen atoms in total. The van der Waals surface area contributed by atoms with Gasteiger partial charge in [-0.3, -0.25) is 4.68 Å². The fraction of sp³-hybridized carbons (Fsp3) is 0.471. The molecule has 0 radical (unpaired) electrons. The number of aryl methyl sites for hydroxylation is 1. The van der Waals surface area contributed by atoms with E-state index in [1.165, 1.54) is 5.56 Å². The van der Waals surface area contributed by atoms with Crippen LogP contribution in [-0.4, -0.2) is 15.8 Å². The molecule has 1 aromatic carbocycles. The van der Waals surface area contributed by atoms with E-state index in [4.69, 9.17) is 5.73 Å². The van der Waals surface area contributed by atoms with Crippen LogP contribution >= 0.6 is 0 Å². The van der Waals surface area contributed by atoms with Crippen LogP contribution in [0.3, 0.4) is 0 Å². The van der Waals surface area contributed by atoms with Gasteiger partial charge in [-0.15, -0.1) is 0 Å². The van der Waals surface area contributed by atoms with Gasteiger partial charge < -0.3 is 5.73 Å². The zero-order valence-corrected chi connectivity index (χ0v) is 12.5. The highest BCUT2D eigenvalue weighted by Crippen LogP contribution is 2.10.